The van der Waals surface area contributed by atoms with Crippen molar-refractivity contribution in [3.8, 4) is 22.4 Å². The number of hydrogen-bond acceptors (Lipinski definition) is 5. The molecule has 1 amide bonds. The first-order valence-electron chi connectivity index (χ1n) is 11.3. The van der Waals surface area contributed by atoms with E-state index in [-0.39, 0.29) is 12.2 Å². The van der Waals surface area contributed by atoms with Crippen molar-refractivity contribution in [3.63, 3.8) is 0 Å². The normalized spacial score (nSPS) is 11.5. The van der Waals surface area contributed by atoms with E-state index in [1.807, 2.05) is 66.7 Å². The summed E-state index contributed by atoms with van der Waals surface area (Å²) in [6, 6.07) is 26.2. The molecule has 35 heavy (non-hydrogen) atoms. The van der Waals surface area contributed by atoms with Gasteiger partial charge < -0.3 is 10.1 Å². The third-order valence-corrected chi connectivity index (χ3v) is 5.51. The summed E-state index contributed by atoms with van der Waals surface area (Å²) in [7, 11) is 1.50. The minimum Gasteiger partial charge on any atom is -0.464 e. The summed E-state index contributed by atoms with van der Waals surface area (Å²) in [6.45, 7) is 1.85. The van der Waals surface area contributed by atoms with E-state index in [1.54, 1.807) is 31.2 Å². The van der Waals surface area contributed by atoms with Gasteiger partial charge in [-0.15, -0.1) is 0 Å². The summed E-state index contributed by atoms with van der Waals surface area (Å²) >= 11 is 0. The van der Waals surface area contributed by atoms with Crippen LogP contribution in [0.2, 0.25) is 0 Å². The number of nitrogens with one attached hydrogen (secondary N) is 1. The minimum absolute atomic E-state index is 0.0993. The zero-order valence-electron chi connectivity index (χ0n) is 19.5. The number of aryl methyl sites for hydroxylation is 1. The molecule has 4 rings (SSSR count). The van der Waals surface area contributed by atoms with Gasteiger partial charge in [-0.05, 0) is 18.1 Å². The Morgan fingerprint density at radius 1 is 0.886 bits per heavy atom. The molecule has 0 aliphatic heterocycles. The molecular formula is C28H25N3O4. The third-order valence-electron chi connectivity index (χ3n) is 5.51. The second-order valence-corrected chi connectivity index (χ2v) is 7.83. The molecule has 1 unspecified atom stereocenters. The molecule has 0 fully saturated rings. The van der Waals surface area contributed by atoms with Crippen LogP contribution in [0.3, 0.4) is 0 Å². The lowest BCUT2D eigenvalue weighted by molar-refractivity contribution is -0.145. The monoisotopic (exact) mass is 467 g/mol. The first-order valence-corrected chi connectivity index (χ1v) is 11.3. The highest BCUT2D eigenvalue weighted by Crippen LogP contribution is 2.32. The Bertz CT molecular complexity index is 1380. The quantitative estimate of drug-likeness (QED) is 0.413. The SMILES string of the molecule is CCOC(=O)C(NC(=O)c1c(-c2ccccc2)c(-c2ccccc2)nn(C)c1=O)c1ccccc1. The topological polar surface area (TPSA) is 90.3 Å². The van der Waals surface area contributed by atoms with Crippen LogP contribution in [0.1, 0.15) is 28.9 Å². The van der Waals surface area contributed by atoms with Crippen LogP contribution in [0, 0.1) is 0 Å². The molecule has 1 heterocycles. The fraction of sp³-hybridized carbons (Fsp3) is 0.143. The smallest absolute Gasteiger partial charge is 0.333 e. The number of amides is 1. The number of carbonyl (C=O) groups excluding carboxylic acids is 2. The number of rotatable bonds is 7. The molecule has 0 aliphatic rings. The van der Waals surface area contributed by atoms with Gasteiger partial charge in [0.1, 0.15) is 5.56 Å². The Morgan fingerprint density at radius 3 is 2.00 bits per heavy atom. The molecule has 1 aromatic heterocycles. The van der Waals surface area contributed by atoms with Crippen LogP contribution in [0.25, 0.3) is 22.4 Å². The lowest BCUT2D eigenvalue weighted by Gasteiger charge is -2.20. The molecule has 4 aromatic rings. The van der Waals surface area contributed by atoms with E-state index in [0.29, 0.717) is 22.4 Å². The fourth-order valence-corrected chi connectivity index (χ4v) is 3.88. The number of hydrogen-bond donors (Lipinski definition) is 1. The van der Waals surface area contributed by atoms with Gasteiger partial charge in [-0.25, -0.2) is 9.48 Å². The van der Waals surface area contributed by atoms with Crippen molar-refractivity contribution in [1.82, 2.24) is 15.1 Å². The molecule has 1 atom stereocenters. The van der Waals surface area contributed by atoms with Gasteiger partial charge in [0.2, 0.25) is 0 Å². The van der Waals surface area contributed by atoms with Crippen LogP contribution in [0.15, 0.2) is 95.8 Å². The number of benzene rings is 3. The molecule has 0 bridgehead atoms. The average Bonchev–Trinajstić information content (AvgIpc) is 2.90. The van der Waals surface area contributed by atoms with Crippen LogP contribution in [0.5, 0.6) is 0 Å². The third kappa shape index (κ3) is 5.04. The first-order chi connectivity index (χ1) is 17.0. The summed E-state index contributed by atoms with van der Waals surface area (Å²) < 4.78 is 6.35. The first kappa shape index (κ1) is 23.6. The molecular weight excluding hydrogens is 442 g/mol. The van der Waals surface area contributed by atoms with Gasteiger partial charge in [0, 0.05) is 18.2 Å². The van der Waals surface area contributed by atoms with Gasteiger partial charge in [-0.1, -0.05) is 91.0 Å². The molecule has 0 spiro atoms. The molecule has 1 N–H and O–H groups in total. The van der Waals surface area contributed by atoms with Crippen molar-refractivity contribution >= 4 is 11.9 Å². The summed E-state index contributed by atoms with van der Waals surface area (Å²) in [5, 5.41) is 7.23. The van der Waals surface area contributed by atoms with Crippen LogP contribution >= 0.6 is 0 Å². The molecule has 3 aromatic carbocycles. The van der Waals surface area contributed by atoms with E-state index < -0.39 is 23.5 Å². The Balaban J connectivity index is 1.90. The van der Waals surface area contributed by atoms with Gasteiger partial charge >= 0.3 is 5.97 Å². The highest BCUT2D eigenvalue weighted by Gasteiger charge is 2.29. The van der Waals surface area contributed by atoms with Crippen molar-refractivity contribution < 1.29 is 14.3 Å². The number of nitrogens with zero attached hydrogens (tertiary/aromatic N) is 2. The van der Waals surface area contributed by atoms with E-state index in [9.17, 15) is 14.4 Å². The number of esters is 1. The number of aromatic nitrogens is 2. The Kier molecular flexibility index (Phi) is 7.16. The van der Waals surface area contributed by atoms with E-state index in [4.69, 9.17) is 4.74 Å². The Morgan fingerprint density at radius 2 is 1.43 bits per heavy atom. The summed E-state index contributed by atoms with van der Waals surface area (Å²) in [6.07, 6.45) is 0. The minimum atomic E-state index is -1.08. The molecule has 176 valence electrons. The van der Waals surface area contributed by atoms with Gasteiger partial charge in [-0.3, -0.25) is 9.59 Å². The molecule has 0 aliphatic carbocycles. The number of carbonyl (C=O) groups is 2. The zero-order valence-corrected chi connectivity index (χ0v) is 19.5. The van der Waals surface area contributed by atoms with Gasteiger partial charge in [0.05, 0.1) is 12.3 Å². The predicted molar refractivity (Wildman–Crippen MR) is 134 cm³/mol. The van der Waals surface area contributed by atoms with Crippen molar-refractivity contribution in [1.29, 1.82) is 0 Å². The van der Waals surface area contributed by atoms with Gasteiger partial charge in [0.25, 0.3) is 11.5 Å². The highest BCUT2D eigenvalue weighted by molar-refractivity contribution is 6.05. The maximum absolute atomic E-state index is 13.7. The van der Waals surface area contributed by atoms with Crippen LogP contribution in [0.4, 0.5) is 0 Å². The molecule has 0 radical (unpaired) electrons. The van der Waals surface area contributed by atoms with Gasteiger partial charge in [-0.2, -0.15) is 5.10 Å². The van der Waals surface area contributed by atoms with Crippen LogP contribution in [-0.2, 0) is 16.6 Å². The van der Waals surface area contributed by atoms with Crippen LogP contribution in [-0.4, -0.2) is 28.3 Å². The maximum Gasteiger partial charge on any atom is 0.333 e. The average molecular weight is 468 g/mol. The maximum atomic E-state index is 13.7. The largest absolute Gasteiger partial charge is 0.464 e. The second kappa shape index (κ2) is 10.6. The zero-order chi connectivity index (χ0) is 24.8. The van der Waals surface area contributed by atoms with E-state index in [1.165, 1.54) is 7.05 Å². The van der Waals surface area contributed by atoms with Crippen molar-refractivity contribution in [2.75, 3.05) is 6.61 Å². The summed E-state index contributed by atoms with van der Waals surface area (Å²) in [5.74, 6) is -1.30. The van der Waals surface area contributed by atoms with E-state index in [0.717, 1.165) is 10.2 Å². The van der Waals surface area contributed by atoms with Crippen molar-refractivity contribution in [3.05, 3.63) is 112 Å². The van der Waals surface area contributed by atoms with E-state index in [2.05, 4.69) is 10.4 Å². The van der Waals surface area contributed by atoms with E-state index >= 15 is 0 Å². The molecule has 7 heteroatoms. The number of ether oxygens (including phenoxy) is 1. The standard InChI is InChI=1S/C28H25N3O4/c1-3-35-28(34)25(21-17-11-6-12-18-21)29-26(32)23-22(19-13-7-4-8-14-19)24(30-31(2)27(23)33)20-15-9-5-10-16-20/h4-18,25H,3H2,1-2H3,(H,29,32). The summed E-state index contributed by atoms with van der Waals surface area (Å²) in [5.41, 5.74) is 2.17. The molecule has 0 saturated heterocycles. The van der Waals surface area contributed by atoms with Crippen molar-refractivity contribution in [2.24, 2.45) is 7.05 Å². The van der Waals surface area contributed by atoms with Gasteiger partial charge in [0.15, 0.2) is 6.04 Å². The lowest BCUT2D eigenvalue weighted by atomic mass is 9.94. The molecule has 0 saturated carbocycles. The van der Waals surface area contributed by atoms with Crippen LogP contribution < -0.4 is 10.9 Å². The second-order valence-electron chi connectivity index (χ2n) is 7.83. The lowest BCUT2D eigenvalue weighted by Crippen LogP contribution is -2.39. The predicted octanol–water partition coefficient (Wildman–Crippen LogP) is 4.15. The molecule has 7 nitrogen and oxygen atoms in total. The van der Waals surface area contributed by atoms with Crippen molar-refractivity contribution in [2.45, 2.75) is 13.0 Å². The fourth-order valence-electron chi connectivity index (χ4n) is 3.88. The highest BCUT2D eigenvalue weighted by atomic mass is 16.5. The Labute approximate surface area is 203 Å². The Hall–Kier alpha value is -4.52. The summed E-state index contributed by atoms with van der Waals surface area (Å²) in [4.78, 5) is 39.8.